The number of hydrogen-bond acceptors (Lipinski definition) is 4. The van der Waals surface area contributed by atoms with E-state index in [1.54, 1.807) is 0 Å². The Balaban J connectivity index is 1.33. The first-order valence-corrected chi connectivity index (χ1v) is 11.5. The molecule has 5 nitrogen and oxygen atoms in total. The van der Waals surface area contributed by atoms with E-state index in [1.807, 2.05) is 0 Å². The summed E-state index contributed by atoms with van der Waals surface area (Å²) in [5.74, 6) is 0.941. The molecular weight excluding hydrogens is 362 g/mol. The molecule has 0 N–H and O–H groups in total. The molecule has 29 heavy (non-hydrogen) atoms. The molecule has 0 unspecified atom stereocenters. The highest BCUT2D eigenvalue weighted by molar-refractivity contribution is 5.84. The normalized spacial score (nSPS) is 26.7. The highest BCUT2D eigenvalue weighted by atomic mass is 16.5. The van der Waals surface area contributed by atoms with Crippen molar-refractivity contribution in [2.75, 3.05) is 59.0 Å². The second-order valence-corrected chi connectivity index (χ2v) is 9.49. The molecule has 3 heterocycles. The van der Waals surface area contributed by atoms with E-state index in [0.29, 0.717) is 11.8 Å². The van der Waals surface area contributed by atoms with Crippen molar-refractivity contribution in [1.82, 2.24) is 14.7 Å². The van der Waals surface area contributed by atoms with Gasteiger partial charge in [0, 0.05) is 45.8 Å². The first-order chi connectivity index (χ1) is 14.1. The van der Waals surface area contributed by atoms with Crippen molar-refractivity contribution >= 4 is 5.91 Å². The van der Waals surface area contributed by atoms with Crippen LogP contribution in [0.15, 0.2) is 24.3 Å². The van der Waals surface area contributed by atoms with Gasteiger partial charge in [-0.15, -0.1) is 0 Å². The minimum Gasteiger partial charge on any atom is -0.379 e. The molecule has 3 aliphatic rings. The van der Waals surface area contributed by atoms with Crippen LogP contribution < -0.4 is 0 Å². The lowest BCUT2D eigenvalue weighted by molar-refractivity contribution is -0.146. The monoisotopic (exact) mass is 399 g/mol. The van der Waals surface area contributed by atoms with Crippen molar-refractivity contribution < 1.29 is 9.53 Å². The number of nitrogens with zero attached hydrogens (tertiary/aromatic N) is 3. The molecule has 3 fully saturated rings. The molecule has 3 saturated heterocycles. The van der Waals surface area contributed by atoms with Crippen LogP contribution in [0.4, 0.5) is 0 Å². The lowest BCUT2D eigenvalue weighted by atomic mass is 9.78. The molecule has 0 radical (unpaired) electrons. The Morgan fingerprint density at radius 3 is 2.41 bits per heavy atom. The van der Waals surface area contributed by atoms with Crippen LogP contribution in [0.5, 0.6) is 0 Å². The number of ether oxygens (including phenoxy) is 1. The van der Waals surface area contributed by atoms with Crippen LogP contribution in [0.25, 0.3) is 0 Å². The molecule has 5 heteroatoms. The number of carbonyl (C=O) groups excluding carboxylic acids is 1. The SMILES string of the molecule is CC(C)c1ccc(CN2CCC[C@@]3(CCN(CCN4CCOCC4)C3)C2=O)cc1. The second-order valence-electron chi connectivity index (χ2n) is 9.49. The molecule has 1 amide bonds. The molecule has 4 rings (SSSR count). The van der Waals surface area contributed by atoms with Crippen LogP contribution in [0.2, 0.25) is 0 Å². The van der Waals surface area contributed by atoms with Gasteiger partial charge in [0.1, 0.15) is 0 Å². The minimum absolute atomic E-state index is 0.138. The Labute approximate surface area is 176 Å². The summed E-state index contributed by atoms with van der Waals surface area (Å²) < 4.78 is 5.45. The van der Waals surface area contributed by atoms with Crippen molar-refractivity contribution in [3.05, 3.63) is 35.4 Å². The number of hydrogen-bond donors (Lipinski definition) is 0. The van der Waals surface area contributed by atoms with Gasteiger partial charge in [0.2, 0.25) is 5.91 Å². The molecular formula is C24H37N3O2. The van der Waals surface area contributed by atoms with E-state index in [4.69, 9.17) is 4.74 Å². The Kier molecular flexibility index (Phi) is 6.57. The molecule has 0 saturated carbocycles. The van der Waals surface area contributed by atoms with Crippen molar-refractivity contribution in [1.29, 1.82) is 0 Å². The van der Waals surface area contributed by atoms with E-state index in [2.05, 4.69) is 52.8 Å². The fraction of sp³-hybridized carbons (Fsp3) is 0.708. The maximum Gasteiger partial charge on any atom is 0.230 e. The smallest absolute Gasteiger partial charge is 0.230 e. The third-order valence-corrected chi connectivity index (χ3v) is 7.11. The maximum absolute atomic E-state index is 13.5. The predicted molar refractivity (Wildman–Crippen MR) is 116 cm³/mol. The summed E-state index contributed by atoms with van der Waals surface area (Å²) in [6.45, 7) is 14.1. The van der Waals surface area contributed by atoms with Gasteiger partial charge in [0.15, 0.2) is 0 Å². The van der Waals surface area contributed by atoms with E-state index in [-0.39, 0.29) is 5.41 Å². The van der Waals surface area contributed by atoms with Crippen LogP contribution in [0, 0.1) is 5.41 Å². The summed E-state index contributed by atoms with van der Waals surface area (Å²) in [7, 11) is 0. The number of amides is 1. The van der Waals surface area contributed by atoms with Crippen LogP contribution >= 0.6 is 0 Å². The van der Waals surface area contributed by atoms with E-state index in [0.717, 1.165) is 84.8 Å². The van der Waals surface area contributed by atoms with E-state index in [1.165, 1.54) is 11.1 Å². The molecule has 1 spiro atoms. The zero-order chi connectivity index (χ0) is 20.3. The van der Waals surface area contributed by atoms with Crippen LogP contribution in [0.1, 0.15) is 50.2 Å². The van der Waals surface area contributed by atoms with Gasteiger partial charge in [-0.05, 0) is 42.9 Å². The highest BCUT2D eigenvalue weighted by Crippen LogP contribution is 2.40. The molecule has 3 aliphatic heterocycles. The van der Waals surface area contributed by atoms with Gasteiger partial charge in [-0.3, -0.25) is 9.69 Å². The van der Waals surface area contributed by atoms with Crippen molar-refractivity contribution in [3.8, 4) is 0 Å². The third kappa shape index (κ3) is 4.84. The second kappa shape index (κ2) is 9.15. The quantitative estimate of drug-likeness (QED) is 0.737. The average Bonchev–Trinajstić information content (AvgIpc) is 3.15. The molecule has 160 valence electrons. The molecule has 0 aliphatic carbocycles. The zero-order valence-corrected chi connectivity index (χ0v) is 18.2. The minimum atomic E-state index is -0.138. The lowest BCUT2D eigenvalue weighted by Crippen LogP contribution is -2.50. The van der Waals surface area contributed by atoms with Crippen LogP contribution in [-0.4, -0.2) is 79.6 Å². The number of rotatable bonds is 6. The van der Waals surface area contributed by atoms with Crippen molar-refractivity contribution in [3.63, 3.8) is 0 Å². The Morgan fingerprint density at radius 2 is 1.69 bits per heavy atom. The summed E-state index contributed by atoms with van der Waals surface area (Å²) in [6.07, 6.45) is 3.22. The summed E-state index contributed by atoms with van der Waals surface area (Å²) in [6, 6.07) is 8.83. The van der Waals surface area contributed by atoms with E-state index >= 15 is 0 Å². The van der Waals surface area contributed by atoms with Crippen LogP contribution in [-0.2, 0) is 16.1 Å². The molecule has 0 aromatic heterocycles. The zero-order valence-electron chi connectivity index (χ0n) is 18.2. The fourth-order valence-corrected chi connectivity index (χ4v) is 5.17. The largest absolute Gasteiger partial charge is 0.379 e. The van der Waals surface area contributed by atoms with E-state index in [9.17, 15) is 4.79 Å². The Bertz CT molecular complexity index is 684. The predicted octanol–water partition coefficient (Wildman–Crippen LogP) is 2.96. The number of piperidine rings is 1. The first kappa shape index (κ1) is 20.8. The van der Waals surface area contributed by atoms with Gasteiger partial charge in [0.05, 0.1) is 18.6 Å². The summed E-state index contributed by atoms with van der Waals surface area (Å²) in [5, 5.41) is 0. The maximum atomic E-state index is 13.5. The summed E-state index contributed by atoms with van der Waals surface area (Å²) in [5.41, 5.74) is 2.48. The van der Waals surface area contributed by atoms with Crippen LogP contribution in [0.3, 0.4) is 0 Å². The third-order valence-electron chi connectivity index (χ3n) is 7.11. The molecule has 0 bridgehead atoms. The summed E-state index contributed by atoms with van der Waals surface area (Å²) in [4.78, 5) is 20.6. The standard InChI is InChI=1S/C24H37N3O2/c1-20(2)22-6-4-21(5-7-22)18-27-10-3-8-24(23(27)28)9-11-26(19-24)13-12-25-14-16-29-17-15-25/h4-7,20H,3,8-19H2,1-2H3/t24-/m0/s1. The van der Waals surface area contributed by atoms with Gasteiger partial charge in [0.25, 0.3) is 0 Å². The van der Waals surface area contributed by atoms with Crippen molar-refractivity contribution in [2.45, 2.75) is 45.6 Å². The van der Waals surface area contributed by atoms with Gasteiger partial charge >= 0.3 is 0 Å². The highest BCUT2D eigenvalue weighted by Gasteiger charge is 2.48. The molecule has 1 aromatic rings. The van der Waals surface area contributed by atoms with Gasteiger partial charge in [-0.2, -0.15) is 0 Å². The number of benzene rings is 1. The Morgan fingerprint density at radius 1 is 0.966 bits per heavy atom. The molecule has 1 aromatic carbocycles. The molecule has 1 atom stereocenters. The van der Waals surface area contributed by atoms with Gasteiger partial charge in [-0.25, -0.2) is 0 Å². The van der Waals surface area contributed by atoms with Gasteiger partial charge < -0.3 is 14.5 Å². The topological polar surface area (TPSA) is 36.0 Å². The number of morpholine rings is 1. The average molecular weight is 400 g/mol. The number of carbonyl (C=O) groups is 1. The Hall–Kier alpha value is -1.43. The van der Waals surface area contributed by atoms with E-state index < -0.39 is 0 Å². The van der Waals surface area contributed by atoms with Gasteiger partial charge in [-0.1, -0.05) is 38.1 Å². The number of likely N-dealkylation sites (tertiary alicyclic amines) is 2. The summed E-state index contributed by atoms with van der Waals surface area (Å²) >= 11 is 0. The fourth-order valence-electron chi connectivity index (χ4n) is 5.17. The van der Waals surface area contributed by atoms with Crippen molar-refractivity contribution in [2.24, 2.45) is 5.41 Å². The first-order valence-electron chi connectivity index (χ1n) is 11.5. The lowest BCUT2D eigenvalue weighted by Gasteiger charge is -2.39.